The molecule has 0 bridgehead atoms. The molecule has 2 aliphatic carbocycles. The molecule has 0 atom stereocenters. The minimum absolute atomic E-state index is 0.336. The largest absolute Gasteiger partial charge is 0.395 e. The average molecular weight is 197 g/mol. The molecule has 0 spiro atoms. The van der Waals surface area contributed by atoms with Crippen LogP contribution in [-0.4, -0.2) is 35.2 Å². The van der Waals surface area contributed by atoms with Crippen molar-refractivity contribution in [3.8, 4) is 0 Å². The van der Waals surface area contributed by atoms with E-state index in [9.17, 15) is 0 Å². The fourth-order valence-electron chi connectivity index (χ4n) is 2.76. The van der Waals surface area contributed by atoms with Gasteiger partial charge in [0.2, 0.25) is 0 Å². The first kappa shape index (κ1) is 10.4. The van der Waals surface area contributed by atoms with Crippen molar-refractivity contribution in [2.75, 3.05) is 13.2 Å². The fraction of sp³-hybridized carbons (Fsp3) is 1.00. The van der Waals surface area contributed by atoms with Crippen molar-refractivity contribution in [3.05, 3.63) is 0 Å². The van der Waals surface area contributed by atoms with Gasteiger partial charge < -0.3 is 5.11 Å². The monoisotopic (exact) mass is 197 g/mol. The molecule has 0 heterocycles. The molecule has 2 fully saturated rings. The highest BCUT2D eigenvalue weighted by Crippen LogP contribution is 2.34. The maximum atomic E-state index is 9.05. The number of rotatable bonds is 4. The molecule has 2 heteroatoms. The van der Waals surface area contributed by atoms with Crippen LogP contribution < -0.4 is 0 Å². The van der Waals surface area contributed by atoms with Gasteiger partial charge in [0.1, 0.15) is 0 Å². The molecule has 1 N–H and O–H groups in total. The van der Waals surface area contributed by atoms with E-state index in [1.165, 1.54) is 38.5 Å². The van der Waals surface area contributed by atoms with E-state index in [1.807, 2.05) is 0 Å². The summed E-state index contributed by atoms with van der Waals surface area (Å²) in [5.74, 6) is 0.932. The Labute approximate surface area is 87.3 Å². The third-order valence-electron chi connectivity index (χ3n) is 3.83. The van der Waals surface area contributed by atoms with Crippen LogP contribution in [0.1, 0.15) is 45.4 Å². The summed E-state index contributed by atoms with van der Waals surface area (Å²) in [6.45, 7) is 3.61. The van der Waals surface area contributed by atoms with Gasteiger partial charge >= 0.3 is 0 Å². The Morgan fingerprint density at radius 2 is 1.50 bits per heavy atom. The normalized spacial score (nSPS) is 33.6. The molecule has 2 rings (SSSR count). The number of aliphatic hydroxyl groups is 1. The van der Waals surface area contributed by atoms with Gasteiger partial charge in [0.15, 0.2) is 0 Å². The molecule has 14 heavy (non-hydrogen) atoms. The second kappa shape index (κ2) is 4.63. The first-order valence-corrected chi connectivity index (χ1v) is 6.18. The molecule has 0 aromatic heterocycles. The number of nitrogens with zero attached hydrogens (tertiary/aromatic N) is 1. The zero-order chi connectivity index (χ0) is 9.97. The Kier molecular flexibility index (Phi) is 3.45. The summed E-state index contributed by atoms with van der Waals surface area (Å²) >= 11 is 0. The molecule has 0 unspecified atom stereocenters. The maximum Gasteiger partial charge on any atom is 0.0558 e. The Morgan fingerprint density at radius 3 is 1.93 bits per heavy atom. The molecule has 2 aliphatic rings. The van der Waals surface area contributed by atoms with Crippen LogP contribution in [-0.2, 0) is 0 Å². The highest BCUT2D eigenvalue weighted by Gasteiger charge is 2.34. The second-order valence-corrected chi connectivity index (χ2v) is 5.11. The lowest BCUT2D eigenvalue weighted by Crippen LogP contribution is -2.41. The van der Waals surface area contributed by atoms with Crippen LogP contribution in [0.3, 0.4) is 0 Å². The van der Waals surface area contributed by atoms with Crippen molar-refractivity contribution in [2.45, 2.75) is 57.5 Å². The van der Waals surface area contributed by atoms with Crippen LogP contribution in [0.25, 0.3) is 0 Å². The minimum Gasteiger partial charge on any atom is -0.395 e. The zero-order valence-electron chi connectivity index (χ0n) is 9.28. The van der Waals surface area contributed by atoms with Crippen LogP contribution in [0, 0.1) is 5.92 Å². The van der Waals surface area contributed by atoms with Crippen molar-refractivity contribution < 1.29 is 5.11 Å². The molecular weight excluding hydrogens is 174 g/mol. The van der Waals surface area contributed by atoms with Crippen LogP contribution in [0.5, 0.6) is 0 Å². The van der Waals surface area contributed by atoms with Crippen molar-refractivity contribution in [3.63, 3.8) is 0 Å². The third kappa shape index (κ3) is 2.48. The molecule has 0 saturated heterocycles. The van der Waals surface area contributed by atoms with E-state index in [1.54, 1.807) is 0 Å². The highest BCUT2D eigenvalue weighted by atomic mass is 16.3. The topological polar surface area (TPSA) is 23.5 Å². The van der Waals surface area contributed by atoms with E-state index in [0.717, 1.165) is 24.5 Å². The quantitative estimate of drug-likeness (QED) is 0.745. The summed E-state index contributed by atoms with van der Waals surface area (Å²) in [6.07, 6.45) is 8.23. The first-order chi connectivity index (χ1) is 6.81. The summed E-state index contributed by atoms with van der Waals surface area (Å²) in [7, 11) is 0. The van der Waals surface area contributed by atoms with E-state index in [-0.39, 0.29) is 0 Å². The van der Waals surface area contributed by atoms with Gasteiger partial charge in [0.05, 0.1) is 6.61 Å². The Morgan fingerprint density at radius 1 is 1.00 bits per heavy atom. The van der Waals surface area contributed by atoms with Crippen LogP contribution in [0.2, 0.25) is 0 Å². The second-order valence-electron chi connectivity index (χ2n) is 5.11. The Hall–Kier alpha value is -0.0800. The molecule has 0 amide bonds. The van der Waals surface area contributed by atoms with Crippen LogP contribution in [0.15, 0.2) is 0 Å². The van der Waals surface area contributed by atoms with Gasteiger partial charge in [-0.25, -0.2) is 0 Å². The lowest BCUT2D eigenvalue weighted by atomic mass is 9.86. The SMILES string of the molecule is CC1CCC(N(CCO)C2CC2)CC1. The predicted octanol–water partition coefficient (Wildman–Crippen LogP) is 2.02. The third-order valence-corrected chi connectivity index (χ3v) is 3.83. The summed E-state index contributed by atoms with van der Waals surface area (Å²) in [6, 6.07) is 1.60. The van der Waals surface area contributed by atoms with Gasteiger partial charge in [-0.1, -0.05) is 6.92 Å². The van der Waals surface area contributed by atoms with Gasteiger partial charge in [0, 0.05) is 18.6 Å². The molecule has 0 aromatic carbocycles. The maximum absolute atomic E-state index is 9.05. The zero-order valence-corrected chi connectivity index (χ0v) is 9.28. The van der Waals surface area contributed by atoms with Crippen molar-refractivity contribution in [1.82, 2.24) is 4.90 Å². The van der Waals surface area contributed by atoms with E-state index < -0.39 is 0 Å². The summed E-state index contributed by atoms with van der Waals surface area (Å²) < 4.78 is 0. The first-order valence-electron chi connectivity index (χ1n) is 6.18. The highest BCUT2D eigenvalue weighted by molar-refractivity contribution is 4.90. The predicted molar refractivity (Wildman–Crippen MR) is 58.2 cm³/mol. The standard InChI is InChI=1S/C12H23NO/c1-10-2-4-11(5-3-10)13(8-9-14)12-6-7-12/h10-12,14H,2-9H2,1H3. The molecular formula is C12H23NO. The summed E-state index contributed by atoms with van der Waals surface area (Å²) in [4.78, 5) is 2.58. The smallest absolute Gasteiger partial charge is 0.0558 e. The Balaban J connectivity index is 1.84. The molecule has 0 aliphatic heterocycles. The average Bonchev–Trinajstić information content (AvgIpc) is 2.99. The summed E-state index contributed by atoms with van der Waals surface area (Å²) in [5.41, 5.74) is 0. The van der Waals surface area contributed by atoms with E-state index in [4.69, 9.17) is 5.11 Å². The van der Waals surface area contributed by atoms with Crippen LogP contribution in [0.4, 0.5) is 0 Å². The Bertz CT molecular complexity index is 171. The van der Waals surface area contributed by atoms with Crippen molar-refractivity contribution in [1.29, 1.82) is 0 Å². The van der Waals surface area contributed by atoms with E-state index in [2.05, 4.69) is 11.8 Å². The molecule has 82 valence electrons. The molecule has 0 radical (unpaired) electrons. The van der Waals surface area contributed by atoms with E-state index >= 15 is 0 Å². The van der Waals surface area contributed by atoms with Gasteiger partial charge in [-0.15, -0.1) is 0 Å². The van der Waals surface area contributed by atoms with Gasteiger partial charge in [-0.2, -0.15) is 0 Å². The van der Waals surface area contributed by atoms with Gasteiger partial charge in [0.25, 0.3) is 0 Å². The molecule has 2 saturated carbocycles. The summed E-state index contributed by atoms with van der Waals surface area (Å²) in [5, 5.41) is 9.05. The molecule has 2 nitrogen and oxygen atoms in total. The lowest BCUT2D eigenvalue weighted by molar-refractivity contribution is 0.106. The van der Waals surface area contributed by atoms with Crippen molar-refractivity contribution >= 4 is 0 Å². The lowest BCUT2D eigenvalue weighted by Gasteiger charge is -2.36. The number of hydrogen-bond donors (Lipinski definition) is 1. The van der Waals surface area contributed by atoms with Crippen LogP contribution >= 0.6 is 0 Å². The van der Waals surface area contributed by atoms with Crippen molar-refractivity contribution in [2.24, 2.45) is 5.92 Å². The van der Waals surface area contributed by atoms with Gasteiger partial charge in [-0.05, 0) is 44.4 Å². The minimum atomic E-state index is 0.336. The van der Waals surface area contributed by atoms with Gasteiger partial charge in [-0.3, -0.25) is 4.90 Å². The number of hydrogen-bond acceptors (Lipinski definition) is 2. The number of aliphatic hydroxyl groups excluding tert-OH is 1. The van der Waals surface area contributed by atoms with E-state index in [0.29, 0.717) is 6.61 Å². The fourth-order valence-corrected chi connectivity index (χ4v) is 2.76. The molecule has 0 aromatic rings.